The van der Waals surface area contributed by atoms with E-state index in [9.17, 15) is 24.6 Å². The molecule has 0 aliphatic heterocycles. The molecule has 0 saturated heterocycles. The SMILES string of the molecule is O=C(NCC(O)C(O)c1ccc2c(=O)c(C(=O)O)c[nH]c2c1)OCC1c2ccccc2-c2ccccc21. The second kappa shape index (κ2) is 9.88. The molecular formula is C28H24N2O7. The Labute approximate surface area is 211 Å². The number of fused-ring (bicyclic) bond motifs is 4. The highest BCUT2D eigenvalue weighted by Crippen LogP contribution is 2.44. The molecular weight excluding hydrogens is 476 g/mol. The van der Waals surface area contributed by atoms with Crippen LogP contribution in [0.2, 0.25) is 0 Å². The van der Waals surface area contributed by atoms with Crippen molar-refractivity contribution in [3.8, 4) is 11.1 Å². The number of aromatic nitrogens is 1. The van der Waals surface area contributed by atoms with Crippen molar-refractivity contribution in [2.24, 2.45) is 0 Å². The Morgan fingerprint density at radius 1 is 0.973 bits per heavy atom. The summed E-state index contributed by atoms with van der Waals surface area (Å²) in [4.78, 5) is 38.5. The number of carbonyl (C=O) groups excluding carboxylic acids is 1. The maximum absolute atomic E-state index is 12.4. The van der Waals surface area contributed by atoms with E-state index < -0.39 is 35.3 Å². The minimum Gasteiger partial charge on any atom is -0.477 e. The third kappa shape index (κ3) is 4.57. The van der Waals surface area contributed by atoms with Gasteiger partial charge in [0.2, 0.25) is 5.43 Å². The number of aromatic amines is 1. The fourth-order valence-electron chi connectivity index (χ4n) is 4.75. The van der Waals surface area contributed by atoms with Gasteiger partial charge in [0, 0.05) is 29.6 Å². The summed E-state index contributed by atoms with van der Waals surface area (Å²) >= 11 is 0. The molecule has 1 amide bonds. The van der Waals surface area contributed by atoms with Crippen LogP contribution < -0.4 is 10.7 Å². The predicted octanol–water partition coefficient (Wildman–Crippen LogP) is 3.16. The fourth-order valence-corrected chi connectivity index (χ4v) is 4.75. The monoisotopic (exact) mass is 500 g/mol. The van der Waals surface area contributed by atoms with Gasteiger partial charge in [-0.15, -0.1) is 0 Å². The summed E-state index contributed by atoms with van der Waals surface area (Å²) in [5.41, 5.74) is 3.93. The molecule has 5 N–H and O–H groups in total. The van der Waals surface area contributed by atoms with E-state index in [1.54, 1.807) is 0 Å². The number of pyridine rings is 1. The standard InChI is InChI=1S/C28H24N2O7/c31-24(25(32)15-9-10-20-23(11-15)29-12-21(26(20)33)27(34)35)13-30-28(36)37-14-22-18-7-3-1-5-16(18)17-6-2-4-8-19(17)22/h1-12,22,24-25,31-32H,13-14H2,(H,29,33)(H,30,36)(H,34,35). The number of nitrogens with one attached hydrogen (secondary N) is 2. The maximum atomic E-state index is 12.4. The summed E-state index contributed by atoms with van der Waals surface area (Å²) in [6.45, 7) is -0.154. The largest absolute Gasteiger partial charge is 0.477 e. The number of carboxylic acid groups (broad SMARTS) is 1. The third-order valence-electron chi connectivity index (χ3n) is 6.64. The molecule has 9 heteroatoms. The lowest BCUT2D eigenvalue weighted by Crippen LogP contribution is -2.36. The van der Waals surface area contributed by atoms with Crippen molar-refractivity contribution in [1.82, 2.24) is 10.3 Å². The van der Waals surface area contributed by atoms with Gasteiger partial charge in [-0.1, -0.05) is 54.6 Å². The first-order valence-electron chi connectivity index (χ1n) is 11.7. The van der Waals surface area contributed by atoms with Crippen molar-refractivity contribution >= 4 is 23.0 Å². The minimum absolute atomic E-state index is 0.102. The van der Waals surface area contributed by atoms with Gasteiger partial charge in [0.1, 0.15) is 24.4 Å². The van der Waals surface area contributed by atoms with E-state index in [0.29, 0.717) is 5.52 Å². The quantitative estimate of drug-likeness (QED) is 0.262. The summed E-state index contributed by atoms with van der Waals surface area (Å²) in [5, 5.41) is 32.7. The van der Waals surface area contributed by atoms with E-state index in [-0.39, 0.29) is 30.0 Å². The second-order valence-electron chi connectivity index (χ2n) is 8.86. The summed E-state index contributed by atoms with van der Waals surface area (Å²) in [6.07, 6.45) is -2.38. The highest BCUT2D eigenvalue weighted by molar-refractivity contribution is 5.92. The van der Waals surface area contributed by atoms with Crippen LogP contribution in [0.25, 0.3) is 22.0 Å². The number of H-pyrrole nitrogens is 1. The first kappa shape index (κ1) is 24.2. The molecule has 1 aliphatic carbocycles. The van der Waals surface area contributed by atoms with Crippen molar-refractivity contribution < 1.29 is 29.6 Å². The van der Waals surface area contributed by atoms with Crippen LogP contribution in [0.4, 0.5) is 4.79 Å². The molecule has 5 rings (SSSR count). The lowest BCUT2D eigenvalue weighted by molar-refractivity contribution is 0.0186. The molecule has 1 aromatic heterocycles. The number of alkyl carbamates (subject to hydrolysis) is 1. The molecule has 2 unspecified atom stereocenters. The minimum atomic E-state index is -1.37. The Morgan fingerprint density at radius 2 is 1.62 bits per heavy atom. The number of rotatable bonds is 7. The summed E-state index contributed by atoms with van der Waals surface area (Å²) in [6, 6.07) is 20.2. The first-order chi connectivity index (χ1) is 17.8. The number of aromatic carboxylic acids is 1. The van der Waals surface area contributed by atoms with Crippen LogP contribution in [0.3, 0.4) is 0 Å². The van der Waals surface area contributed by atoms with Crippen LogP contribution in [-0.2, 0) is 4.74 Å². The molecule has 188 valence electrons. The third-order valence-corrected chi connectivity index (χ3v) is 6.64. The Bertz CT molecular complexity index is 1520. The topological polar surface area (TPSA) is 149 Å². The van der Waals surface area contributed by atoms with Gasteiger partial charge < -0.3 is 30.4 Å². The fraction of sp³-hybridized carbons (Fsp3) is 0.179. The van der Waals surface area contributed by atoms with E-state index in [4.69, 9.17) is 9.84 Å². The number of hydrogen-bond acceptors (Lipinski definition) is 6. The van der Waals surface area contributed by atoms with Gasteiger partial charge >= 0.3 is 12.1 Å². The average molecular weight is 501 g/mol. The van der Waals surface area contributed by atoms with E-state index in [0.717, 1.165) is 28.5 Å². The van der Waals surface area contributed by atoms with Crippen LogP contribution in [0, 0.1) is 0 Å². The summed E-state index contributed by atoms with van der Waals surface area (Å²) in [7, 11) is 0. The molecule has 4 aromatic rings. The number of aliphatic hydroxyl groups is 2. The van der Waals surface area contributed by atoms with Gasteiger partial charge in [0.05, 0.1) is 0 Å². The molecule has 0 radical (unpaired) electrons. The lowest BCUT2D eigenvalue weighted by Gasteiger charge is -2.19. The Hall–Kier alpha value is -4.47. The zero-order valence-corrected chi connectivity index (χ0v) is 19.5. The van der Waals surface area contributed by atoms with Gasteiger partial charge in [-0.25, -0.2) is 9.59 Å². The van der Waals surface area contributed by atoms with Crippen LogP contribution in [0.5, 0.6) is 0 Å². The van der Waals surface area contributed by atoms with E-state index >= 15 is 0 Å². The number of hydrogen-bond donors (Lipinski definition) is 5. The predicted molar refractivity (Wildman–Crippen MR) is 136 cm³/mol. The van der Waals surface area contributed by atoms with Gasteiger partial charge in [0.15, 0.2) is 0 Å². The number of aliphatic hydroxyl groups excluding tert-OH is 2. The molecule has 0 fully saturated rings. The number of amides is 1. The van der Waals surface area contributed by atoms with Gasteiger partial charge in [-0.2, -0.15) is 0 Å². The molecule has 1 aliphatic rings. The lowest BCUT2D eigenvalue weighted by atomic mass is 9.98. The van der Waals surface area contributed by atoms with E-state index in [1.165, 1.54) is 18.2 Å². The van der Waals surface area contributed by atoms with Crippen molar-refractivity contribution in [2.75, 3.05) is 13.2 Å². The Kier molecular flexibility index (Phi) is 6.47. The van der Waals surface area contributed by atoms with Crippen LogP contribution >= 0.6 is 0 Å². The Balaban J connectivity index is 1.20. The molecule has 9 nitrogen and oxygen atoms in total. The number of benzene rings is 3. The number of carbonyl (C=O) groups is 2. The highest BCUT2D eigenvalue weighted by Gasteiger charge is 2.29. The average Bonchev–Trinajstić information content (AvgIpc) is 3.23. The van der Waals surface area contributed by atoms with E-state index in [1.807, 2.05) is 48.5 Å². The summed E-state index contributed by atoms with van der Waals surface area (Å²) in [5.74, 6) is -1.45. The second-order valence-corrected chi connectivity index (χ2v) is 8.86. The Morgan fingerprint density at radius 3 is 2.27 bits per heavy atom. The molecule has 37 heavy (non-hydrogen) atoms. The summed E-state index contributed by atoms with van der Waals surface area (Å²) < 4.78 is 5.45. The molecule has 0 saturated carbocycles. The van der Waals surface area contributed by atoms with Crippen molar-refractivity contribution in [3.05, 3.63) is 105 Å². The molecule has 0 spiro atoms. The van der Waals surface area contributed by atoms with Crippen molar-refractivity contribution in [2.45, 2.75) is 18.1 Å². The molecule has 1 heterocycles. The maximum Gasteiger partial charge on any atom is 0.407 e. The number of ether oxygens (including phenoxy) is 1. The molecule has 0 bridgehead atoms. The first-order valence-corrected chi connectivity index (χ1v) is 11.7. The molecule has 3 aromatic carbocycles. The van der Waals surface area contributed by atoms with Crippen LogP contribution in [0.15, 0.2) is 77.7 Å². The van der Waals surface area contributed by atoms with Crippen LogP contribution in [-0.4, -0.2) is 51.6 Å². The molecule has 2 atom stereocenters. The smallest absolute Gasteiger partial charge is 0.407 e. The van der Waals surface area contributed by atoms with Gasteiger partial charge in [-0.3, -0.25) is 4.79 Å². The van der Waals surface area contributed by atoms with Crippen molar-refractivity contribution in [3.63, 3.8) is 0 Å². The van der Waals surface area contributed by atoms with Crippen molar-refractivity contribution in [1.29, 1.82) is 0 Å². The zero-order chi connectivity index (χ0) is 26.1. The van der Waals surface area contributed by atoms with Gasteiger partial charge in [0.25, 0.3) is 0 Å². The highest BCUT2D eigenvalue weighted by atomic mass is 16.5. The van der Waals surface area contributed by atoms with Crippen LogP contribution in [0.1, 0.15) is 39.1 Å². The zero-order valence-electron chi connectivity index (χ0n) is 19.5. The van der Waals surface area contributed by atoms with E-state index in [2.05, 4.69) is 10.3 Å². The normalized spacial score (nSPS) is 14.0. The number of carboxylic acids is 1. The van der Waals surface area contributed by atoms with Gasteiger partial charge in [-0.05, 0) is 39.9 Å².